The van der Waals surface area contributed by atoms with Crippen molar-refractivity contribution in [1.82, 2.24) is 9.97 Å². The van der Waals surface area contributed by atoms with E-state index in [-0.39, 0.29) is 11.4 Å². The minimum Gasteiger partial charge on any atom is -0.370 e. The zero-order valence-corrected chi connectivity index (χ0v) is 13.1. The third-order valence-electron chi connectivity index (χ3n) is 3.10. The summed E-state index contributed by atoms with van der Waals surface area (Å²) >= 11 is 0. The van der Waals surface area contributed by atoms with Crippen molar-refractivity contribution < 1.29 is 0 Å². The normalized spacial score (nSPS) is 11.2. The molecule has 0 fully saturated rings. The second kappa shape index (κ2) is 5.99. The molecule has 1 heterocycles. The van der Waals surface area contributed by atoms with Crippen LogP contribution in [0, 0.1) is 0 Å². The van der Waals surface area contributed by atoms with Gasteiger partial charge in [-0.15, -0.1) is 0 Å². The molecule has 21 heavy (non-hydrogen) atoms. The molecule has 0 atom stereocenters. The van der Waals surface area contributed by atoms with Crippen molar-refractivity contribution in [3.63, 3.8) is 0 Å². The summed E-state index contributed by atoms with van der Waals surface area (Å²) in [5.74, 6) is 1.67. The number of anilines is 4. The molecule has 1 aromatic carbocycles. The van der Waals surface area contributed by atoms with Gasteiger partial charge in [-0.2, -0.15) is 9.97 Å². The molecule has 2 aromatic rings. The van der Waals surface area contributed by atoms with E-state index in [9.17, 15) is 0 Å². The lowest BCUT2D eigenvalue weighted by Gasteiger charge is -2.23. The summed E-state index contributed by atoms with van der Waals surface area (Å²) in [5, 5.41) is 6.50. The average molecular weight is 285 g/mol. The van der Waals surface area contributed by atoms with E-state index in [0.717, 1.165) is 18.1 Å². The first-order valence-corrected chi connectivity index (χ1v) is 7.15. The predicted molar refractivity (Wildman–Crippen MR) is 89.0 cm³/mol. The molecule has 0 aliphatic heterocycles. The quantitative estimate of drug-likeness (QED) is 0.801. The van der Waals surface area contributed by atoms with Crippen molar-refractivity contribution >= 4 is 23.3 Å². The highest BCUT2D eigenvalue weighted by atomic mass is 15.1. The van der Waals surface area contributed by atoms with Crippen LogP contribution in [-0.4, -0.2) is 16.5 Å². The molecular formula is C16H23N5. The molecular weight excluding hydrogens is 262 g/mol. The highest BCUT2D eigenvalue weighted by Crippen LogP contribution is 2.31. The van der Waals surface area contributed by atoms with Crippen molar-refractivity contribution in [3.8, 4) is 0 Å². The van der Waals surface area contributed by atoms with E-state index in [0.29, 0.717) is 5.82 Å². The van der Waals surface area contributed by atoms with E-state index in [1.165, 1.54) is 5.56 Å². The summed E-state index contributed by atoms with van der Waals surface area (Å²) in [7, 11) is 0. The molecule has 5 heteroatoms. The minimum atomic E-state index is 0.0483. The molecule has 5 nitrogen and oxygen atoms in total. The minimum absolute atomic E-state index is 0.0483. The van der Waals surface area contributed by atoms with Crippen LogP contribution >= 0.6 is 0 Å². The molecule has 4 N–H and O–H groups in total. The van der Waals surface area contributed by atoms with E-state index in [1.807, 2.05) is 31.2 Å². The molecule has 112 valence electrons. The molecule has 0 saturated heterocycles. The van der Waals surface area contributed by atoms with Crippen LogP contribution in [0.1, 0.15) is 33.3 Å². The van der Waals surface area contributed by atoms with Crippen molar-refractivity contribution in [2.45, 2.75) is 33.1 Å². The van der Waals surface area contributed by atoms with Crippen LogP contribution in [0.4, 0.5) is 23.3 Å². The third kappa shape index (κ3) is 3.84. The summed E-state index contributed by atoms with van der Waals surface area (Å²) in [5.41, 5.74) is 8.08. The molecule has 0 unspecified atom stereocenters. The van der Waals surface area contributed by atoms with E-state index in [1.54, 1.807) is 0 Å². The third-order valence-corrected chi connectivity index (χ3v) is 3.10. The number of hydrogen-bond acceptors (Lipinski definition) is 5. The summed E-state index contributed by atoms with van der Waals surface area (Å²) in [4.78, 5) is 8.40. The van der Waals surface area contributed by atoms with Crippen LogP contribution in [0.2, 0.25) is 0 Å². The van der Waals surface area contributed by atoms with Gasteiger partial charge in [0.2, 0.25) is 5.95 Å². The van der Waals surface area contributed by atoms with Gasteiger partial charge in [-0.05, 0) is 24.0 Å². The number of nitrogens with zero attached hydrogens (tertiary/aromatic N) is 2. The fraction of sp³-hybridized carbons (Fsp3) is 0.375. The fourth-order valence-electron chi connectivity index (χ4n) is 2.19. The summed E-state index contributed by atoms with van der Waals surface area (Å²) in [6, 6.07) is 10.1. The largest absolute Gasteiger partial charge is 0.370 e. The first-order valence-electron chi connectivity index (χ1n) is 7.15. The molecule has 0 amide bonds. The van der Waals surface area contributed by atoms with Crippen molar-refractivity contribution in [2.24, 2.45) is 0 Å². The van der Waals surface area contributed by atoms with Gasteiger partial charge in [-0.1, -0.05) is 39.0 Å². The van der Waals surface area contributed by atoms with Crippen molar-refractivity contribution in [2.75, 3.05) is 22.9 Å². The molecule has 0 spiro atoms. The molecule has 0 radical (unpaired) electrons. The predicted octanol–water partition coefficient (Wildman–Crippen LogP) is 3.53. The Kier molecular flexibility index (Phi) is 4.31. The van der Waals surface area contributed by atoms with Gasteiger partial charge >= 0.3 is 0 Å². The molecule has 0 aliphatic carbocycles. The lowest BCUT2D eigenvalue weighted by Crippen LogP contribution is -2.14. The number of aromatic nitrogens is 2. The zero-order valence-electron chi connectivity index (χ0n) is 13.1. The van der Waals surface area contributed by atoms with Crippen molar-refractivity contribution in [1.29, 1.82) is 0 Å². The van der Waals surface area contributed by atoms with Gasteiger partial charge in [-0.3, -0.25) is 0 Å². The average Bonchev–Trinajstić information content (AvgIpc) is 2.37. The Hall–Kier alpha value is -2.30. The molecule has 0 aliphatic rings. The van der Waals surface area contributed by atoms with Crippen LogP contribution in [0.5, 0.6) is 0 Å². The zero-order chi connectivity index (χ0) is 15.5. The van der Waals surface area contributed by atoms with Crippen LogP contribution in [-0.2, 0) is 5.41 Å². The fourth-order valence-corrected chi connectivity index (χ4v) is 2.19. The van der Waals surface area contributed by atoms with Gasteiger partial charge < -0.3 is 16.4 Å². The first-order chi connectivity index (χ1) is 9.90. The molecule has 0 bridgehead atoms. The Bertz CT molecular complexity index is 616. The van der Waals surface area contributed by atoms with Gasteiger partial charge in [0.25, 0.3) is 0 Å². The topological polar surface area (TPSA) is 75.9 Å². The number of para-hydroxylation sites is 1. The Morgan fingerprint density at radius 3 is 2.43 bits per heavy atom. The lowest BCUT2D eigenvalue weighted by molar-refractivity contribution is 0.592. The van der Waals surface area contributed by atoms with Gasteiger partial charge in [0, 0.05) is 18.3 Å². The lowest BCUT2D eigenvalue weighted by atomic mass is 9.86. The first kappa shape index (κ1) is 15.1. The number of nitrogen functional groups attached to an aromatic ring is 1. The second-order valence-corrected chi connectivity index (χ2v) is 5.95. The maximum Gasteiger partial charge on any atom is 0.223 e. The number of nitrogens with one attached hydrogen (secondary N) is 2. The number of nitrogens with two attached hydrogens (primary N) is 1. The Labute approximate surface area is 126 Å². The SMILES string of the molecule is CCNc1cc(Nc2ccccc2C(C)(C)C)nc(N)n1. The van der Waals surface area contributed by atoms with Gasteiger partial charge in [-0.25, -0.2) is 0 Å². The van der Waals surface area contributed by atoms with E-state index < -0.39 is 0 Å². The second-order valence-electron chi connectivity index (χ2n) is 5.95. The standard InChI is InChI=1S/C16H23N5/c1-5-18-13-10-14(21-15(17)20-13)19-12-9-7-6-8-11(12)16(2,3)4/h6-10H,5H2,1-4H3,(H4,17,18,19,20,21). The Morgan fingerprint density at radius 2 is 1.76 bits per heavy atom. The monoisotopic (exact) mass is 285 g/mol. The number of hydrogen-bond donors (Lipinski definition) is 3. The number of rotatable bonds is 4. The Balaban J connectivity index is 2.35. The van der Waals surface area contributed by atoms with Gasteiger partial charge in [0.15, 0.2) is 0 Å². The number of benzene rings is 1. The molecule has 0 saturated carbocycles. The van der Waals surface area contributed by atoms with E-state index in [2.05, 4.69) is 47.4 Å². The van der Waals surface area contributed by atoms with Gasteiger partial charge in [0.1, 0.15) is 11.6 Å². The van der Waals surface area contributed by atoms with Crippen molar-refractivity contribution in [3.05, 3.63) is 35.9 Å². The molecule has 1 aromatic heterocycles. The van der Waals surface area contributed by atoms with Gasteiger partial charge in [0.05, 0.1) is 0 Å². The van der Waals surface area contributed by atoms with Crippen LogP contribution in [0.15, 0.2) is 30.3 Å². The Morgan fingerprint density at radius 1 is 1.10 bits per heavy atom. The summed E-state index contributed by atoms with van der Waals surface area (Å²) in [6.07, 6.45) is 0. The summed E-state index contributed by atoms with van der Waals surface area (Å²) in [6.45, 7) is 9.36. The van der Waals surface area contributed by atoms with E-state index in [4.69, 9.17) is 5.73 Å². The maximum absolute atomic E-state index is 5.76. The smallest absolute Gasteiger partial charge is 0.223 e. The maximum atomic E-state index is 5.76. The highest BCUT2D eigenvalue weighted by Gasteiger charge is 2.17. The summed E-state index contributed by atoms with van der Waals surface area (Å²) < 4.78 is 0. The van der Waals surface area contributed by atoms with Crippen LogP contribution < -0.4 is 16.4 Å². The highest BCUT2D eigenvalue weighted by molar-refractivity contribution is 5.65. The molecule has 2 rings (SSSR count). The van der Waals surface area contributed by atoms with E-state index >= 15 is 0 Å². The van der Waals surface area contributed by atoms with Crippen LogP contribution in [0.25, 0.3) is 0 Å². The van der Waals surface area contributed by atoms with Crippen LogP contribution in [0.3, 0.4) is 0 Å².